The zero-order valence-electron chi connectivity index (χ0n) is 14.3. The second-order valence-corrected chi connectivity index (χ2v) is 6.60. The van der Waals surface area contributed by atoms with Gasteiger partial charge < -0.3 is 10.2 Å². The highest BCUT2D eigenvalue weighted by molar-refractivity contribution is 6.19. The van der Waals surface area contributed by atoms with E-state index in [9.17, 15) is 14.0 Å². The number of nitrogens with zero attached hydrogens (tertiary/aromatic N) is 2. The fourth-order valence-electron chi connectivity index (χ4n) is 2.98. The Morgan fingerprint density at radius 3 is 2.60 bits per heavy atom. The first kappa shape index (κ1) is 16.9. The van der Waals surface area contributed by atoms with Gasteiger partial charge in [0.2, 0.25) is 0 Å². The maximum Gasteiger partial charge on any atom is 0.257 e. The molecule has 1 aliphatic rings. The van der Waals surface area contributed by atoms with Crippen molar-refractivity contribution in [2.75, 3.05) is 13.6 Å². The minimum Gasteiger partial charge on any atom is -0.355 e. The lowest BCUT2D eigenvalue weighted by atomic mass is 9.84. The van der Waals surface area contributed by atoms with Gasteiger partial charge in [0, 0.05) is 36.3 Å². The Bertz CT molecular complexity index is 852. The van der Waals surface area contributed by atoms with E-state index in [1.165, 1.54) is 42.4 Å². The van der Waals surface area contributed by atoms with Gasteiger partial charge in [0.15, 0.2) is 0 Å². The maximum absolute atomic E-state index is 13.1. The summed E-state index contributed by atoms with van der Waals surface area (Å²) in [7, 11) is 1.53. The average Bonchev–Trinajstić information content (AvgIpc) is 3.04. The fraction of sp³-hybridized carbons (Fsp3) is 0.278. The van der Waals surface area contributed by atoms with E-state index < -0.39 is 11.2 Å². The lowest BCUT2D eigenvalue weighted by molar-refractivity contribution is -0.115. The van der Waals surface area contributed by atoms with Gasteiger partial charge in [-0.3, -0.25) is 14.7 Å². The van der Waals surface area contributed by atoms with E-state index in [-0.39, 0.29) is 11.8 Å². The monoisotopic (exact) mass is 342 g/mol. The Hall–Kier alpha value is -2.96. The van der Waals surface area contributed by atoms with Gasteiger partial charge in [-0.1, -0.05) is 13.8 Å². The van der Waals surface area contributed by atoms with Crippen molar-refractivity contribution in [3.63, 3.8) is 0 Å². The summed E-state index contributed by atoms with van der Waals surface area (Å²) in [6.45, 7) is 4.32. The van der Waals surface area contributed by atoms with E-state index in [4.69, 9.17) is 0 Å². The van der Waals surface area contributed by atoms with Crippen molar-refractivity contribution in [2.45, 2.75) is 19.3 Å². The van der Waals surface area contributed by atoms with Gasteiger partial charge in [-0.2, -0.15) is 5.10 Å². The molecule has 0 saturated carbocycles. The first-order valence-electron chi connectivity index (χ1n) is 7.88. The molecule has 2 N–H and O–H groups in total. The number of benzene rings is 1. The van der Waals surface area contributed by atoms with E-state index in [1.807, 2.05) is 13.8 Å². The summed E-state index contributed by atoms with van der Waals surface area (Å²) in [5.74, 6) is -1.02. The maximum atomic E-state index is 13.1. The van der Waals surface area contributed by atoms with Crippen molar-refractivity contribution in [1.29, 1.82) is 0 Å². The molecule has 0 spiro atoms. The van der Waals surface area contributed by atoms with Gasteiger partial charge in [-0.15, -0.1) is 0 Å². The molecule has 1 aromatic carbocycles. The molecular weight excluding hydrogens is 323 g/mol. The van der Waals surface area contributed by atoms with Crippen LogP contribution < -0.4 is 5.32 Å². The molecule has 3 rings (SSSR count). The summed E-state index contributed by atoms with van der Waals surface area (Å²) in [5.41, 5.74) is 1.71. The number of nitrogens with one attached hydrogen (secondary N) is 2. The molecule has 0 unspecified atom stereocenters. The number of aromatic amines is 1. The van der Waals surface area contributed by atoms with E-state index >= 15 is 0 Å². The number of H-pyrrole nitrogens is 1. The van der Waals surface area contributed by atoms with Crippen molar-refractivity contribution in [1.82, 2.24) is 20.4 Å². The van der Waals surface area contributed by atoms with E-state index in [1.54, 1.807) is 6.20 Å². The van der Waals surface area contributed by atoms with Gasteiger partial charge in [-0.25, -0.2) is 4.39 Å². The molecule has 1 aromatic heterocycles. The van der Waals surface area contributed by atoms with Crippen molar-refractivity contribution in [3.05, 3.63) is 59.3 Å². The normalized spacial score (nSPS) is 15.8. The molecule has 0 atom stereocenters. The molecule has 2 heterocycles. The summed E-state index contributed by atoms with van der Waals surface area (Å²) in [5, 5.41) is 9.50. The van der Waals surface area contributed by atoms with Crippen LogP contribution in [0.15, 0.2) is 36.7 Å². The third kappa shape index (κ3) is 3.05. The van der Waals surface area contributed by atoms with Crippen LogP contribution in [0.2, 0.25) is 0 Å². The molecule has 0 radical (unpaired) electrons. The number of carbonyl (C=O) groups excluding carboxylic acids is 2. The SMILES string of the molecule is CNC(=O)C1=CN(C(=O)c2ccc(F)cc2)CC(C)(C)c2cn[nH]c21. The smallest absolute Gasteiger partial charge is 0.257 e. The van der Waals surface area contributed by atoms with Crippen molar-refractivity contribution in [2.24, 2.45) is 0 Å². The van der Waals surface area contributed by atoms with Gasteiger partial charge >= 0.3 is 0 Å². The molecule has 130 valence electrons. The highest BCUT2D eigenvalue weighted by Crippen LogP contribution is 2.34. The minimum absolute atomic E-state index is 0.299. The molecule has 2 aromatic rings. The minimum atomic E-state index is -0.426. The number of hydrogen-bond acceptors (Lipinski definition) is 3. The lowest BCUT2D eigenvalue weighted by Crippen LogP contribution is -2.36. The van der Waals surface area contributed by atoms with Crippen LogP contribution in [-0.2, 0) is 10.2 Å². The van der Waals surface area contributed by atoms with Gasteiger partial charge in [0.1, 0.15) is 5.82 Å². The summed E-state index contributed by atoms with van der Waals surface area (Å²) in [4.78, 5) is 26.7. The topological polar surface area (TPSA) is 78.1 Å². The second-order valence-electron chi connectivity index (χ2n) is 6.60. The number of aromatic nitrogens is 2. The Morgan fingerprint density at radius 1 is 1.28 bits per heavy atom. The largest absolute Gasteiger partial charge is 0.355 e. The van der Waals surface area contributed by atoms with Crippen LogP contribution in [0.25, 0.3) is 5.57 Å². The molecule has 0 aliphatic carbocycles. The predicted octanol–water partition coefficient (Wildman–Crippen LogP) is 2.07. The summed E-state index contributed by atoms with van der Waals surface area (Å²) >= 11 is 0. The molecule has 0 bridgehead atoms. The summed E-state index contributed by atoms with van der Waals surface area (Å²) in [6, 6.07) is 5.35. The number of carbonyl (C=O) groups is 2. The second kappa shape index (κ2) is 6.16. The third-order valence-corrected chi connectivity index (χ3v) is 4.31. The molecule has 6 nitrogen and oxygen atoms in total. The van der Waals surface area contributed by atoms with Crippen LogP contribution in [0.5, 0.6) is 0 Å². The number of hydrogen-bond donors (Lipinski definition) is 2. The highest BCUT2D eigenvalue weighted by atomic mass is 19.1. The molecule has 25 heavy (non-hydrogen) atoms. The summed E-state index contributed by atoms with van der Waals surface area (Å²) in [6.07, 6.45) is 3.20. The number of fused-ring (bicyclic) bond motifs is 1. The van der Waals surface area contributed by atoms with Crippen LogP contribution in [0.1, 0.15) is 35.5 Å². The molecule has 0 fully saturated rings. The highest BCUT2D eigenvalue weighted by Gasteiger charge is 2.35. The van der Waals surface area contributed by atoms with E-state index in [2.05, 4.69) is 15.5 Å². The van der Waals surface area contributed by atoms with Crippen LogP contribution in [-0.4, -0.2) is 40.5 Å². The molecule has 0 saturated heterocycles. The van der Waals surface area contributed by atoms with Crippen LogP contribution in [0, 0.1) is 5.82 Å². The molecule has 1 aliphatic heterocycles. The average molecular weight is 342 g/mol. The number of rotatable bonds is 2. The summed E-state index contributed by atoms with van der Waals surface area (Å²) < 4.78 is 13.1. The van der Waals surface area contributed by atoms with Crippen LogP contribution in [0.4, 0.5) is 4.39 Å². The Kier molecular flexibility index (Phi) is 4.16. The van der Waals surface area contributed by atoms with Crippen molar-refractivity contribution < 1.29 is 14.0 Å². The fourth-order valence-corrected chi connectivity index (χ4v) is 2.98. The zero-order valence-corrected chi connectivity index (χ0v) is 14.3. The molecular formula is C18H19FN4O2. The Morgan fingerprint density at radius 2 is 1.96 bits per heavy atom. The van der Waals surface area contributed by atoms with E-state index in [0.717, 1.165) is 5.56 Å². The number of amides is 2. The van der Waals surface area contributed by atoms with Crippen molar-refractivity contribution >= 4 is 17.4 Å². The first-order chi connectivity index (χ1) is 11.8. The van der Waals surface area contributed by atoms with Crippen LogP contribution >= 0.6 is 0 Å². The van der Waals surface area contributed by atoms with Gasteiger partial charge in [0.05, 0.1) is 17.5 Å². The lowest BCUT2D eigenvalue weighted by Gasteiger charge is -2.28. The standard InChI is InChI=1S/C18H19FN4O2/c1-18(2)10-23(17(25)11-4-6-12(19)7-5-11)9-13(16(24)20-3)15-14(18)8-21-22-15/h4-9H,10H2,1-3H3,(H,20,24)(H,21,22). The van der Waals surface area contributed by atoms with Crippen molar-refractivity contribution in [3.8, 4) is 0 Å². The third-order valence-electron chi connectivity index (χ3n) is 4.31. The first-order valence-corrected chi connectivity index (χ1v) is 7.88. The predicted molar refractivity (Wildman–Crippen MR) is 91.1 cm³/mol. The Labute approximate surface area is 144 Å². The van der Waals surface area contributed by atoms with Gasteiger partial charge in [0.25, 0.3) is 11.8 Å². The van der Waals surface area contributed by atoms with E-state index in [0.29, 0.717) is 23.4 Å². The number of likely N-dealkylation sites (N-methyl/N-ethyl adjacent to an activating group) is 1. The quantitative estimate of drug-likeness (QED) is 0.877. The number of halogens is 1. The molecule has 2 amide bonds. The van der Waals surface area contributed by atoms with Crippen LogP contribution in [0.3, 0.4) is 0 Å². The Balaban J connectivity index is 2.08. The van der Waals surface area contributed by atoms with Gasteiger partial charge in [-0.05, 0) is 24.3 Å². The zero-order chi connectivity index (χ0) is 18.2. The molecule has 7 heteroatoms.